The largest absolute Gasteiger partial charge is 0.462 e. The number of aliphatic hydroxyl groups is 1. The molecule has 0 amide bonds. The molecule has 0 spiro atoms. The van der Waals surface area contributed by atoms with Crippen molar-refractivity contribution in [2.45, 2.75) is 26.1 Å². The molecule has 1 aliphatic heterocycles. The Morgan fingerprint density at radius 2 is 2.33 bits per heavy atom. The summed E-state index contributed by atoms with van der Waals surface area (Å²) in [6.45, 7) is 6.15. The van der Waals surface area contributed by atoms with Crippen LogP contribution in [0, 0.1) is 0 Å². The van der Waals surface area contributed by atoms with Crippen LogP contribution in [-0.4, -0.2) is 35.7 Å². The number of aliphatic hydroxyl groups excluding tert-OH is 1. The van der Waals surface area contributed by atoms with Crippen molar-refractivity contribution in [2.24, 2.45) is 0 Å². The minimum absolute atomic E-state index is 0.0159. The zero-order valence-electron chi connectivity index (χ0n) is 9.07. The van der Waals surface area contributed by atoms with Gasteiger partial charge < -0.3 is 14.8 Å². The van der Waals surface area contributed by atoms with Crippen LogP contribution >= 0.6 is 0 Å². The van der Waals surface area contributed by atoms with E-state index in [0.717, 1.165) is 31.9 Å². The van der Waals surface area contributed by atoms with Crippen LogP contribution in [0.1, 0.15) is 18.4 Å². The fourth-order valence-electron chi connectivity index (χ4n) is 1.97. The molecule has 4 nitrogen and oxygen atoms in total. The highest BCUT2D eigenvalue weighted by molar-refractivity contribution is 5.06. The average Bonchev–Trinajstić information content (AvgIpc) is 2.65. The van der Waals surface area contributed by atoms with E-state index in [0.29, 0.717) is 11.8 Å². The first-order valence-corrected chi connectivity index (χ1v) is 5.42. The van der Waals surface area contributed by atoms with Crippen LogP contribution < -0.4 is 5.32 Å². The number of nitrogens with one attached hydrogen (secondary N) is 1. The molecule has 1 aromatic heterocycles. The lowest BCUT2D eigenvalue weighted by molar-refractivity contribution is 0.180. The molecule has 0 radical (unpaired) electrons. The first-order valence-electron chi connectivity index (χ1n) is 5.42. The number of nitrogens with zero attached hydrogens (tertiary/aromatic N) is 1. The molecule has 1 aliphatic rings. The number of piperazine rings is 1. The SMILES string of the molecule is CC1CN(Cc2ccc(CO)o2)CCN1. The second kappa shape index (κ2) is 4.79. The Kier molecular flexibility index (Phi) is 3.41. The Hall–Kier alpha value is -0.840. The molecule has 1 fully saturated rings. The van der Waals surface area contributed by atoms with Crippen LogP contribution in [-0.2, 0) is 13.2 Å². The van der Waals surface area contributed by atoms with E-state index in [2.05, 4.69) is 17.1 Å². The third-order valence-corrected chi connectivity index (χ3v) is 2.71. The summed E-state index contributed by atoms with van der Waals surface area (Å²) in [7, 11) is 0. The molecule has 2 N–H and O–H groups in total. The summed E-state index contributed by atoms with van der Waals surface area (Å²) in [4.78, 5) is 2.36. The zero-order valence-corrected chi connectivity index (χ0v) is 9.07. The van der Waals surface area contributed by atoms with E-state index in [-0.39, 0.29) is 6.61 Å². The van der Waals surface area contributed by atoms with Crippen molar-refractivity contribution in [3.63, 3.8) is 0 Å². The Balaban J connectivity index is 1.90. The van der Waals surface area contributed by atoms with Gasteiger partial charge in [0.2, 0.25) is 0 Å². The summed E-state index contributed by atoms with van der Waals surface area (Å²) < 4.78 is 5.46. The van der Waals surface area contributed by atoms with Crippen LogP contribution in [0.4, 0.5) is 0 Å². The van der Waals surface area contributed by atoms with Gasteiger partial charge >= 0.3 is 0 Å². The van der Waals surface area contributed by atoms with E-state index in [1.54, 1.807) is 0 Å². The molecule has 0 aliphatic carbocycles. The van der Waals surface area contributed by atoms with Gasteiger partial charge in [-0.05, 0) is 19.1 Å². The maximum Gasteiger partial charge on any atom is 0.129 e. The van der Waals surface area contributed by atoms with Gasteiger partial charge in [0.25, 0.3) is 0 Å². The molecular formula is C11H18N2O2. The minimum atomic E-state index is -0.0159. The monoisotopic (exact) mass is 210 g/mol. The Morgan fingerprint density at radius 1 is 1.53 bits per heavy atom. The smallest absolute Gasteiger partial charge is 0.129 e. The quantitative estimate of drug-likeness (QED) is 0.765. The standard InChI is InChI=1S/C11H18N2O2/c1-9-6-13(5-4-12-9)7-10-2-3-11(8-14)15-10/h2-3,9,12,14H,4-8H2,1H3. The van der Waals surface area contributed by atoms with Gasteiger partial charge in [0.1, 0.15) is 18.1 Å². The first-order chi connectivity index (χ1) is 7.28. The molecule has 84 valence electrons. The van der Waals surface area contributed by atoms with E-state index in [4.69, 9.17) is 9.52 Å². The molecule has 4 heteroatoms. The van der Waals surface area contributed by atoms with Crippen molar-refractivity contribution in [1.29, 1.82) is 0 Å². The molecule has 1 aromatic rings. The number of rotatable bonds is 3. The summed E-state index contributed by atoms with van der Waals surface area (Å²) in [5, 5.41) is 12.3. The van der Waals surface area contributed by atoms with Crippen molar-refractivity contribution in [3.8, 4) is 0 Å². The highest BCUT2D eigenvalue weighted by atomic mass is 16.4. The van der Waals surface area contributed by atoms with E-state index in [9.17, 15) is 0 Å². The van der Waals surface area contributed by atoms with Gasteiger partial charge in [-0.2, -0.15) is 0 Å². The fraction of sp³-hybridized carbons (Fsp3) is 0.636. The van der Waals surface area contributed by atoms with E-state index >= 15 is 0 Å². The summed E-state index contributed by atoms with van der Waals surface area (Å²) in [6, 6.07) is 4.32. The van der Waals surface area contributed by atoms with E-state index in [1.165, 1.54) is 0 Å². The van der Waals surface area contributed by atoms with Gasteiger partial charge in [-0.15, -0.1) is 0 Å². The molecule has 1 saturated heterocycles. The first kappa shape index (κ1) is 10.7. The van der Waals surface area contributed by atoms with Gasteiger partial charge in [-0.3, -0.25) is 4.90 Å². The molecule has 15 heavy (non-hydrogen) atoms. The summed E-state index contributed by atoms with van der Waals surface area (Å²) >= 11 is 0. The number of furan rings is 1. The number of hydrogen-bond acceptors (Lipinski definition) is 4. The van der Waals surface area contributed by atoms with Gasteiger partial charge in [0.15, 0.2) is 0 Å². The third kappa shape index (κ3) is 2.81. The van der Waals surface area contributed by atoms with Crippen molar-refractivity contribution in [2.75, 3.05) is 19.6 Å². The van der Waals surface area contributed by atoms with Crippen LogP contribution in [0.2, 0.25) is 0 Å². The lowest BCUT2D eigenvalue weighted by Crippen LogP contribution is -2.48. The Labute approximate surface area is 89.9 Å². The highest BCUT2D eigenvalue weighted by Gasteiger charge is 2.16. The molecule has 0 aromatic carbocycles. The van der Waals surface area contributed by atoms with Gasteiger partial charge in [0, 0.05) is 25.7 Å². The third-order valence-electron chi connectivity index (χ3n) is 2.71. The van der Waals surface area contributed by atoms with Gasteiger partial charge in [0.05, 0.1) is 6.54 Å². The van der Waals surface area contributed by atoms with Crippen LogP contribution in [0.3, 0.4) is 0 Å². The zero-order chi connectivity index (χ0) is 10.7. The predicted molar refractivity (Wildman–Crippen MR) is 57.4 cm³/mol. The minimum Gasteiger partial charge on any atom is -0.462 e. The van der Waals surface area contributed by atoms with Crippen LogP contribution in [0.25, 0.3) is 0 Å². The van der Waals surface area contributed by atoms with Crippen LogP contribution in [0.5, 0.6) is 0 Å². The van der Waals surface area contributed by atoms with E-state index in [1.807, 2.05) is 12.1 Å². The predicted octanol–water partition coefficient (Wildman–Crippen LogP) is 0.566. The van der Waals surface area contributed by atoms with Crippen molar-refractivity contribution in [3.05, 3.63) is 23.7 Å². The highest BCUT2D eigenvalue weighted by Crippen LogP contribution is 2.11. The number of hydrogen-bond donors (Lipinski definition) is 2. The van der Waals surface area contributed by atoms with Crippen molar-refractivity contribution in [1.82, 2.24) is 10.2 Å². The molecular weight excluding hydrogens is 192 g/mol. The Morgan fingerprint density at radius 3 is 3.00 bits per heavy atom. The summed E-state index contributed by atoms with van der Waals surface area (Å²) in [5.41, 5.74) is 0. The summed E-state index contributed by atoms with van der Waals surface area (Å²) in [6.07, 6.45) is 0. The normalized spacial score (nSPS) is 23.2. The van der Waals surface area contributed by atoms with Crippen LogP contribution in [0.15, 0.2) is 16.5 Å². The average molecular weight is 210 g/mol. The lowest BCUT2D eigenvalue weighted by atomic mass is 10.2. The molecule has 0 bridgehead atoms. The fourth-order valence-corrected chi connectivity index (χ4v) is 1.97. The molecule has 0 saturated carbocycles. The maximum atomic E-state index is 8.88. The maximum absolute atomic E-state index is 8.88. The second-order valence-corrected chi connectivity index (χ2v) is 4.12. The molecule has 1 atom stereocenters. The van der Waals surface area contributed by atoms with Crippen molar-refractivity contribution >= 4 is 0 Å². The van der Waals surface area contributed by atoms with Gasteiger partial charge in [-0.25, -0.2) is 0 Å². The topological polar surface area (TPSA) is 48.6 Å². The second-order valence-electron chi connectivity index (χ2n) is 4.12. The summed E-state index contributed by atoms with van der Waals surface area (Å²) in [5.74, 6) is 1.58. The molecule has 2 heterocycles. The lowest BCUT2D eigenvalue weighted by Gasteiger charge is -2.31. The Bertz CT molecular complexity index is 311. The van der Waals surface area contributed by atoms with E-state index < -0.39 is 0 Å². The van der Waals surface area contributed by atoms with Crippen molar-refractivity contribution < 1.29 is 9.52 Å². The molecule has 2 rings (SSSR count). The molecule has 1 unspecified atom stereocenters. The van der Waals surface area contributed by atoms with Gasteiger partial charge in [-0.1, -0.05) is 0 Å².